The predicted octanol–water partition coefficient (Wildman–Crippen LogP) is 2.86. The molecule has 1 aromatic heterocycles. The molecule has 0 bridgehead atoms. The van der Waals surface area contributed by atoms with Crippen LogP contribution in [0.1, 0.15) is 50.4 Å². The van der Waals surface area contributed by atoms with E-state index in [2.05, 4.69) is 35.2 Å². The van der Waals surface area contributed by atoms with Crippen LogP contribution >= 0.6 is 0 Å². The van der Waals surface area contributed by atoms with Gasteiger partial charge in [0.2, 0.25) is 0 Å². The van der Waals surface area contributed by atoms with Crippen molar-refractivity contribution < 1.29 is 4.79 Å². The maximum Gasteiger partial charge on any atom is 0.317 e. The summed E-state index contributed by atoms with van der Waals surface area (Å²) in [5, 5.41) is 7.65. The number of carbonyl (C=O) groups excluding carboxylic acids is 1. The van der Waals surface area contributed by atoms with Gasteiger partial charge >= 0.3 is 6.03 Å². The second-order valence-electron chi connectivity index (χ2n) is 7.05. The van der Waals surface area contributed by atoms with E-state index in [1.165, 1.54) is 25.7 Å². The summed E-state index contributed by atoms with van der Waals surface area (Å²) in [6, 6.07) is 2.76. The van der Waals surface area contributed by atoms with Gasteiger partial charge in [0.25, 0.3) is 0 Å². The first-order chi connectivity index (χ1) is 10.5. The Balaban J connectivity index is 1.57. The van der Waals surface area contributed by atoms with Crippen molar-refractivity contribution >= 4 is 6.03 Å². The fourth-order valence-corrected chi connectivity index (χ4v) is 4.16. The van der Waals surface area contributed by atoms with Crippen LogP contribution in [0.3, 0.4) is 0 Å². The number of aromatic nitrogens is 2. The Bertz CT molecular complexity index is 539. The van der Waals surface area contributed by atoms with Crippen molar-refractivity contribution in [2.24, 2.45) is 5.92 Å². The first-order valence-electron chi connectivity index (χ1n) is 8.63. The Hall–Kier alpha value is -1.52. The lowest BCUT2D eigenvalue weighted by molar-refractivity contribution is 0.125. The minimum atomic E-state index is 0.0901. The molecule has 1 aliphatic carbocycles. The second kappa shape index (κ2) is 6.31. The van der Waals surface area contributed by atoms with Crippen LogP contribution in [-0.2, 0) is 6.54 Å². The van der Waals surface area contributed by atoms with Crippen LogP contribution in [0.25, 0.3) is 0 Å². The Labute approximate surface area is 133 Å². The molecule has 1 N–H and O–H groups in total. The Morgan fingerprint density at radius 2 is 2.14 bits per heavy atom. The molecule has 1 aliphatic heterocycles. The summed E-state index contributed by atoms with van der Waals surface area (Å²) in [7, 11) is 0. The molecule has 1 saturated carbocycles. The van der Waals surface area contributed by atoms with E-state index in [4.69, 9.17) is 0 Å². The summed E-state index contributed by atoms with van der Waals surface area (Å²) in [6.07, 6.45) is 6.22. The molecule has 1 saturated heterocycles. The van der Waals surface area contributed by atoms with Crippen LogP contribution < -0.4 is 5.32 Å². The molecule has 22 heavy (non-hydrogen) atoms. The molecule has 3 rings (SSSR count). The van der Waals surface area contributed by atoms with E-state index in [0.29, 0.717) is 6.04 Å². The summed E-state index contributed by atoms with van der Waals surface area (Å²) in [5.74, 6) is 0.741. The highest BCUT2D eigenvalue weighted by Crippen LogP contribution is 2.36. The highest BCUT2D eigenvalue weighted by atomic mass is 16.2. The van der Waals surface area contributed by atoms with Gasteiger partial charge in [-0.2, -0.15) is 5.10 Å². The highest BCUT2D eigenvalue weighted by Gasteiger charge is 2.37. The minimum Gasteiger partial charge on any atom is -0.334 e. The average molecular weight is 304 g/mol. The van der Waals surface area contributed by atoms with Crippen molar-refractivity contribution in [1.29, 1.82) is 0 Å². The van der Waals surface area contributed by atoms with Crippen LogP contribution in [0.2, 0.25) is 0 Å². The van der Waals surface area contributed by atoms with E-state index in [1.807, 2.05) is 11.6 Å². The number of hydrogen-bond acceptors (Lipinski definition) is 2. The van der Waals surface area contributed by atoms with Crippen LogP contribution in [0, 0.1) is 19.8 Å². The topological polar surface area (TPSA) is 50.2 Å². The van der Waals surface area contributed by atoms with Crippen LogP contribution in [0.4, 0.5) is 4.79 Å². The van der Waals surface area contributed by atoms with Gasteiger partial charge in [-0.15, -0.1) is 0 Å². The van der Waals surface area contributed by atoms with E-state index in [-0.39, 0.29) is 12.1 Å². The van der Waals surface area contributed by atoms with E-state index in [1.54, 1.807) is 0 Å². The third kappa shape index (κ3) is 3.13. The van der Waals surface area contributed by atoms with Gasteiger partial charge in [0, 0.05) is 24.3 Å². The molecule has 0 unspecified atom stereocenters. The fraction of sp³-hybridized carbons (Fsp3) is 0.765. The number of nitrogens with zero attached hydrogens (tertiary/aromatic N) is 3. The van der Waals surface area contributed by atoms with Gasteiger partial charge in [0.1, 0.15) is 0 Å². The molecule has 1 aromatic rings. The van der Waals surface area contributed by atoms with E-state index in [9.17, 15) is 4.79 Å². The van der Waals surface area contributed by atoms with Crippen LogP contribution in [-0.4, -0.2) is 39.3 Å². The zero-order valence-electron chi connectivity index (χ0n) is 14.0. The number of aryl methyl sites for hydroxylation is 2. The summed E-state index contributed by atoms with van der Waals surface area (Å²) in [6.45, 7) is 7.76. The number of nitrogens with one attached hydrogen (secondary N) is 1. The van der Waals surface area contributed by atoms with Crippen molar-refractivity contribution in [2.45, 2.75) is 71.5 Å². The zero-order chi connectivity index (χ0) is 15.7. The number of fused-ring (bicyclic) bond motifs is 1. The number of piperidine rings is 1. The van der Waals surface area contributed by atoms with Crippen molar-refractivity contribution in [1.82, 2.24) is 20.0 Å². The van der Waals surface area contributed by atoms with Gasteiger partial charge in [0.05, 0.1) is 12.2 Å². The normalized spacial score (nSPS) is 25.9. The van der Waals surface area contributed by atoms with Gasteiger partial charge in [0.15, 0.2) is 0 Å². The van der Waals surface area contributed by atoms with Gasteiger partial charge in [-0.05, 0) is 58.4 Å². The quantitative estimate of drug-likeness (QED) is 0.933. The Morgan fingerprint density at radius 1 is 1.36 bits per heavy atom. The number of hydrogen-bond donors (Lipinski definition) is 1. The molecular weight excluding hydrogens is 276 g/mol. The minimum absolute atomic E-state index is 0.0901. The molecule has 2 amide bonds. The molecule has 5 nitrogen and oxygen atoms in total. The standard InChI is InChI=1S/C17H28N4O/c1-12-10-14(3)21(19-12)11-13(2)18-17(22)20-9-5-7-15-6-4-8-16(15)20/h10,13,15-16H,4-9,11H2,1-3H3,(H,18,22)/t13-,15-,16+/m0/s1. The maximum atomic E-state index is 12.6. The largest absolute Gasteiger partial charge is 0.334 e. The third-order valence-electron chi connectivity index (χ3n) is 5.17. The lowest BCUT2D eigenvalue weighted by atomic mass is 9.92. The van der Waals surface area contributed by atoms with Gasteiger partial charge in [-0.3, -0.25) is 4.68 Å². The highest BCUT2D eigenvalue weighted by molar-refractivity contribution is 5.75. The molecule has 5 heteroatoms. The van der Waals surface area contributed by atoms with Gasteiger partial charge < -0.3 is 10.2 Å². The van der Waals surface area contributed by atoms with Crippen molar-refractivity contribution in [3.8, 4) is 0 Å². The molecule has 2 aliphatic rings. The summed E-state index contributed by atoms with van der Waals surface area (Å²) >= 11 is 0. The number of urea groups is 1. The van der Waals surface area contributed by atoms with Crippen LogP contribution in [0.15, 0.2) is 6.07 Å². The fourth-order valence-electron chi connectivity index (χ4n) is 4.16. The lowest BCUT2D eigenvalue weighted by Crippen LogP contribution is -2.52. The first-order valence-corrected chi connectivity index (χ1v) is 8.63. The Kier molecular flexibility index (Phi) is 4.41. The molecule has 0 spiro atoms. The molecule has 2 fully saturated rings. The molecule has 3 atom stereocenters. The van der Waals surface area contributed by atoms with E-state index < -0.39 is 0 Å². The number of carbonyl (C=O) groups is 1. The maximum absolute atomic E-state index is 12.6. The van der Waals surface area contributed by atoms with E-state index in [0.717, 1.165) is 36.8 Å². The van der Waals surface area contributed by atoms with Crippen molar-refractivity contribution in [2.75, 3.05) is 6.54 Å². The summed E-state index contributed by atoms with van der Waals surface area (Å²) in [4.78, 5) is 14.7. The van der Waals surface area contributed by atoms with Gasteiger partial charge in [-0.1, -0.05) is 6.42 Å². The second-order valence-corrected chi connectivity index (χ2v) is 7.05. The van der Waals surface area contributed by atoms with Crippen molar-refractivity contribution in [3.63, 3.8) is 0 Å². The van der Waals surface area contributed by atoms with E-state index >= 15 is 0 Å². The third-order valence-corrected chi connectivity index (χ3v) is 5.17. The number of amides is 2. The monoisotopic (exact) mass is 304 g/mol. The Morgan fingerprint density at radius 3 is 2.86 bits per heavy atom. The molecule has 0 radical (unpaired) electrons. The summed E-state index contributed by atoms with van der Waals surface area (Å²) < 4.78 is 1.98. The predicted molar refractivity (Wildman–Crippen MR) is 86.8 cm³/mol. The van der Waals surface area contributed by atoms with Crippen LogP contribution in [0.5, 0.6) is 0 Å². The number of rotatable bonds is 3. The lowest BCUT2D eigenvalue weighted by Gasteiger charge is -2.38. The molecular formula is C17H28N4O. The summed E-state index contributed by atoms with van der Waals surface area (Å²) in [5.41, 5.74) is 2.17. The zero-order valence-corrected chi connectivity index (χ0v) is 14.0. The number of likely N-dealkylation sites (tertiary alicyclic amines) is 1. The smallest absolute Gasteiger partial charge is 0.317 e. The van der Waals surface area contributed by atoms with Crippen molar-refractivity contribution in [3.05, 3.63) is 17.5 Å². The molecule has 0 aromatic carbocycles. The first kappa shape index (κ1) is 15.4. The SMILES string of the molecule is Cc1cc(C)n(C[C@H](C)NC(=O)N2CCC[C@@H]3CCC[C@H]32)n1. The van der Waals surface area contributed by atoms with Gasteiger partial charge in [-0.25, -0.2) is 4.79 Å². The average Bonchev–Trinajstić information content (AvgIpc) is 3.05. The molecule has 122 valence electrons. The molecule has 2 heterocycles.